The van der Waals surface area contributed by atoms with Crippen molar-refractivity contribution in [3.8, 4) is 0 Å². The van der Waals surface area contributed by atoms with Gasteiger partial charge in [-0.25, -0.2) is 0 Å². The van der Waals surface area contributed by atoms with Crippen LogP contribution in [0.15, 0.2) is 0 Å². The zero-order valence-electron chi connectivity index (χ0n) is 13.7. The van der Waals surface area contributed by atoms with Crippen molar-refractivity contribution in [1.82, 2.24) is 15.5 Å². The Morgan fingerprint density at radius 1 is 1.20 bits per heavy atom. The zero-order valence-corrected chi connectivity index (χ0v) is 13.7. The summed E-state index contributed by atoms with van der Waals surface area (Å²) in [6.45, 7) is 1.00. The van der Waals surface area contributed by atoms with Gasteiger partial charge in [0, 0.05) is 6.54 Å². The molecule has 140 valence electrons. The van der Waals surface area contributed by atoms with Gasteiger partial charge in [0.05, 0.1) is 12.5 Å². The maximum atomic E-state index is 12.6. The number of carboxylic acid groups (broad SMARTS) is 2. The minimum Gasteiger partial charge on any atom is -0.481 e. The van der Waals surface area contributed by atoms with Gasteiger partial charge in [-0.3, -0.25) is 24.0 Å². The molecule has 1 aliphatic rings. The lowest BCUT2D eigenvalue weighted by Crippen LogP contribution is -2.56. The smallest absolute Gasteiger partial charge is 0.322 e. The monoisotopic (exact) mass is 358 g/mol. The van der Waals surface area contributed by atoms with E-state index in [1.165, 1.54) is 6.92 Å². The summed E-state index contributed by atoms with van der Waals surface area (Å²) in [5, 5.41) is 22.0. The van der Waals surface area contributed by atoms with E-state index < -0.39 is 60.8 Å². The van der Waals surface area contributed by atoms with E-state index >= 15 is 0 Å². The molecule has 3 amide bonds. The summed E-state index contributed by atoms with van der Waals surface area (Å²) in [4.78, 5) is 59.0. The molecule has 0 aromatic carbocycles. The van der Waals surface area contributed by atoms with E-state index in [9.17, 15) is 24.0 Å². The second kappa shape index (κ2) is 8.97. The van der Waals surface area contributed by atoms with Gasteiger partial charge < -0.3 is 31.5 Å². The summed E-state index contributed by atoms with van der Waals surface area (Å²) < 4.78 is 0. The van der Waals surface area contributed by atoms with Crippen LogP contribution in [0.3, 0.4) is 0 Å². The molecule has 0 spiro atoms. The molecule has 1 rings (SSSR count). The molecule has 1 aliphatic heterocycles. The van der Waals surface area contributed by atoms with Crippen molar-refractivity contribution in [3.05, 3.63) is 0 Å². The van der Waals surface area contributed by atoms with Crippen molar-refractivity contribution in [2.75, 3.05) is 13.1 Å². The van der Waals surface area contributed by atoms with E-state index in [4.69, 9.17) is 15.9 Å². The Labute approximate surface area is 143 Å². The maximum Gasteiger partial charge on any atom is 0.322 e. The molecule has 11 nitrogen and oxygen atoms in total. The molecular weight excluding hydrogens is 336 g/mol. The lowest BCUT2D eigenvalue weighted by molar-refractivity contribution is -0.146. The van der Waals surface area contributed by atoms with Crippen LogP contribution in [0.5, 0.6) is 0 Å². The number of aliphatic carboxylic acids is 2. The molecule has 11 heteroatoms. The van der Waals surface area contributed by atoms with E-state index in [0.29, 0.717) is 12.8 Å². The number of carboxylic acids is 2. The first-order valence-electron chi connectivity index (χ1n) is 7.71. The molecule has 1 saturated heterocycles. The fraction of sp³-hybridized carbons (Fsp3) is 0.643. The van der Waals surface area contributed by atoms with Crippen LogP contribution >= 0.6 is 0 Å². The van der Waals surface area contributed by atoms with E-state index in [1.54, 1.807) is 0 Å². The third-order valence-electron chi connectivity index (χ3n) is 3.66. The van der Waals surface area contributed by atoms with Crippen LogP contribution in [0.2, 0.25) is 0 Å². The molecule has 0 aromatic rings. The largest absolute Gasteiger partial charge is 0.481 e. The molecule has 0 saturated carbocycles. The molecule has 0 aromatic heterocycles. The van der Waals surface area contributed by atoms with Gasteiger partial charge in [-0.1, -0.05) is 0 Å². The van der Waals surface area contributed by atoms with Crippen molar-refractivity contribution < 1.29 is 34.2 Å². The quantitative estimate of drug-likeness (QED) is 0.315. The Morgan fingerprint density at radius 3 is 2.36 bits per heavy atom. The fourth-order valence-electron chi connectivity index (χ4n) is 2.46. The van der Waals surface area contributed by atoms with E-state index in [0.717, 1.165) is 4.90 Å². The minimum atomic E-state index is -1.36. The highest BCUT2D eigenvalue weighted by Crippen LogP contribution is 2.19. The van der Waals surface area contributed by atoms with Crippen molar-refractivity contribution in [2.45, 2.75) is 44.3 Å². The van der Waals surface area contributed by atoms with Crippen molar-refractivity contribution >= 4 is 29.7 Å². The van der Waals surface area contributed by atoms with Crippen LogP contribution < -0.4 is 16.4 Å². The summed E-state index contributed by atoms with van der Waals surface area (Å²) in [5.41, 5.74) is 5.41. The first-order valence-corrected chi connectivity index (χ1v) is 7.71. The Bertz CT molecular complexity index is 563. The van der Waals surface area contributed by atoms with Crippen molar-refractivity contribution in [1.29, 1.82) is 0 Å². The maximum absolute atomic E-state index is 12.6. The predicted molar refractivity (Wildman–Crippen MR) is 83.2 cm³/mol. The average Bonchev–Trinajstić information content (AvgIpc) is 3.00. The average molecular weight is 358 g/mol. The van der Waals surface area contributed by atoms with Gasteiger partial charge in [0.2, 0.25) is 17.7 Å². The third-order valence-corrected chi connectivity index (χ3v) is 3.66. The lowest BCUT2D eigenvalue weighted by Gasteiger charge is -2.28. The third kappa shape index (κ3) is 6.03. The number of hydrogen-bond donors (Lipinski definition) is 5. The number of carbonyl (C=O) groups excluding carboxylic acids is 3. The van der Waals surface area contributed by atoms with Gasteiger partial charge in [-0.05, 0) is 19.8 Å². The number of carbonyl (C=O) groups is 5. The summed E-state index contributed by atoms with van der Waals surface area (Å²) in [7, 11) is 0. The minimum absolute atomic E-state index is 0.203. The molecule has 0 bridgehead atoms. The van der Waals surface area contributed by atoms with Gasteiger partial charge in [-0.15, -0.1) is 0 Å². The number of likely N-dealkylation sites (tertiary alicyclic amines) is 1. The number of nitrogens with zero attached hydrogens (tertiary/aromatic N) is 1. The summed E-state index contributed by atoms with van der Waals surface area (Å²) in [6, 6.07) is -3.20. The van der Waals surface area contributed by atoms with Crippen molar-refractivity contribution in [2.24, 2.45) is 5.73 Å². The van der Waals surface area contributed by atoms with Gasteiger partial charge in [0.1, 0.15) is 18.6 Å². The van der Waals surface area contributed by atoms with E-state index in [1.807, 2.05) is 0 Å². The molecule has 1 heterocycles. The van der Waals surface area contributed by atoms with Crippen LogP contribution in [0.4, 0.5) is 0 Å². The van der Waals surface area contributed by atoms with Gasteiger partial charge in [0.15, 0.2) is 0 Å². The van der Waals surface area contributed by atoms with Crippen LogP contribution in [-0.2, 0) is 24.0 Å². The first kappa shape index (κ1) is 20.4. The topological polar surface area (TPSA) is 179 Å². The number of amides is 3. The van der Waals surface area contributed by atoms with E-state index in [-0.39, 0.29) is 6.54 Å². The molecule has 0 aliphatic carbocycles. The van der Waals surface area contributed by atoms with Crippen LogP contribution in [0.1, 0.15) is 26.2 Å². The lowest BCUT2D eigenvalue weighted by atomic mass is 10.1. The molecule has 6 N–H and O–H groups in total. The highest BCUT2D eigenvalue weighted by molar-refractivity contribution is 5.95. The molecule has 3 unspecified atom stereocenters. The van der Waals surface area contributed by atoms with Gasteiger partial charge in [0.25, 0.3) is 0 Å². The normalized spacial score (nSPS) is 19.0. The molecule has 25 heavy (non-hydrogen) atoms. The highest BCUT2D eigenvalue weighted by Gasteiger charge is 2.38. The summed E-state index contributed by atoms with van der Waals surface area (Å²) >= 11 is 0. The number of hydrogen-bond acceptors (Lipinski definition) is 6. The Balaban J connectivity index is 2.86. The Kier molecular flexibility index (Phi) is 7.30. The second-order valence-corrected chi connectivity index (χ2v) is 5.75. The summed E-state index contributed by atoms with van der Waals surface area (Å²) in [5.74, 6) is -4.57. The molecule has 1 fully saturated rings. The van der Waals surface area contributed by atoms with Gasteiger partial charge in [-0.2, -0.15) is 0 Å². The first-order chi connectivity index (χ1) is 11.6. The SMILES string of the molecule is CC(N)C(=O)NC(CC(=O)O)C(=O)N1CCCC1C(=O)NCC(=O)O. The molecule has 0 radical (unpaired) electrons. The predicted octanol–water partition coefficient (Wildman–Crippen LogP) is -2.52. The Morgan fingerprint density at radius 2 is 1.84 bits per heavy atom. The van der Waals surface area contributed by atoms with Crippen LogP contribution in [0, 0.1) is 0 Å². The second-order valence-electron chi connectivity index (χ2n) is 5.75. The fourth-order valence-corrected chi connectivity index (χ4v) is 2.46. The highest BCUT2D eigenvalue weighted by atomic mass is 16.4. The Hall–Kier alpha value is -2.69. The number of rotatable bonds is 8. The summed E-state index contributed by atoms with van der Waals surface area (Å²) in [6.07, 6.45) is 0.160. The standard InChI is InChI=1S/C14H22N4O7/c1-7(15)12(23)17-8(5-10(19)20)14(25)18-4-2-3-9(18)13(24)16-6-11(21)22/h7-9H,2-6,15H2,1H3,(H,16,24)(H,17,23)(H,19,20)(H,21,22). The number of nitrogens with one attached hydrogen (secondary N) is 2. The van der Waals surface area contributed by atoms with Crippen LogP contribution in [-0.4, -0.2) is 76.0 Å². The van der Waals surface area contributed by atoms with Crippen molar-refractivity contribution in [3.63, 3.8) is 0 Å². The molecular formula is C14H22N4O7. The molecule has 3 atom stereocenters. The zero-order chi connectivity index (χ0) is 19.1. The van der Waals surface area contributed by atoms with Gasteiger partial charge >= 0.3 is 11.9 Å². The number of nitrogens with two attached hydrogens (primary N) is 1. The van der Waals surface area contributed by atoms with Crippen LogP contribution in [0.25, 0.3) is 0 Å². The van der Waals surface area contributed by atoms with E-state index in [2.05, 4.69) is 10.6 Å².